The minimum Gasteiger partial charge on any atom is -0.490 e. The topological polar surface area (TPSA) is 97.3 Å². The van der Waals surface area contributed by atoms with E-state index in [1.807, 2.05) is 50.2 Å². The van der Waals surface area contributed by atoms with Crippen molar-refractivity contribution in [2.45, 2.75) is 31.7 Å². The van der Waals surface area contributed by atoms with Crippen LogP contribution in [0.4, 0.5) is 5.69 Å². The van der Waals surface area contributed by atoms with Gasteiger partial charge in [-0.15, -0.1) is 0 Å². The Balaban J connectivity index is 1.62. The van der Waals surface area contributed by atoms with E-state index in [2.05, 4.69) is 10.5 Å². The van der Waals surface area contributed by atoms with Crippen LogP contribution in [0, 0.1) is 0 Å². The molecule has 0 aliphatic rings. The van der Waals surface area contributed by atoms with Crippen molar-refractivity contribution in [1.82, 2.24) is 5.43 Å². The second-order valence-electron chi connectivity index (χ2n) is 9.01. The van der Waals surface area contributed by atoms with Crippen LogP contribution in [-0.4, -0.2) is 33.8 Å². The molecule has 9 heteroatoms. The molecule has 0 spiro atoms. The third-order valence-electron chi connectivity index (χ3n) is 6.03. The van der Waals surface area contributed by atoms with E-state index in [9.17, 15) is 13.2 Å². The molecule has 0 atom stereocenters. The van der Waals surface area contributed by atoms with Crippen LogP contribution in [0.1, 0.15) is 41.8 Å². The molecule has 0 radical (unpaired) electrons. The highest BCUT2D eigenvalue weighted by Gasteiger charge is 2.28. The summed E-state index contributed by atoms with van der Waals surface area (Å²) >= 11 is 0. The summed E-state index contributed by atoms with van der Waals surface area (Å²) in [7, 11) is -4.00. The minimum atomic E-state index is -4.00. The van der Waals surface area contributed by atoms with Gasteiger partial charge in [-0.25, -0.2) is 13.8 Å². The van der Waals surface area contributed by atoms with Gasteiger partial charge in [0.1, 0.15) is 0 Å². The second-order valence-corrected chi connectivity index (χ2v) is 10.9. The fourth-order valence-electron chi connectivity index (χ4n) is 4.08. The Labute approximate surface area is 241 Å². The Kier molecular flexibility index (Phi) is 10.1. The molecule has 0 aliphatic carbocycles. The summed E-state index contributed by atoms with van der Waals surface area (Å²) in [4.78, 5) is 13.5. The first-order chi connectivity index (χ1) is 19.9. The fourth-order valence-corrected chi connectivity index (χ4v) is 5.57. The van der Waals surface area contributed by atoms with E-state index in [0.717, 1.165) is 12.0 Å². The molecule has 41 heavy (non-hydrogen) atoms. The number of hydrogen-bond donors (Lipinski definition) is 1. The van der Waals surface area contributed by atoms with E-state index in [-0.39, 0.29) is 22.7 Å². The number of hydrogen-bond acceptors (Lipinski definition) is 6. The number of ether oxygens (including phenoxy) is 2. The molecule has 0 unspecified atom stereocenters. The van der Waals surface area contributed by atoms with Crippen LogP contribution < -0.4 is 19.2 Å². The number of sulfonamides is 1. The average molecular weight is 572 g/mol. The number of anilines is 1. The van der Waals surface area contributed by atoms with Crippen LogP contribution in [-0.2, 0) is 16.6 Å². The smallest absolute Gasteiger partial charge is 0.273 e. The van der Waals surface area contributed by atoms with Crippen molar-refractivity contribution in [2.24, 2.45) is 5.10 Å². The lowest BCUT2D eigenvalue weighted by atomic mass is 10.1. The molecule has 0 heterocycles. The summed E-state index contributed by atoms with van der Waals surface area (Å²) < 4.78 is 40.3. The normalized spacial score (nSPS) is 11.3. The van der Waals surface area contributed by atoms with Crippen molar-refractivity contribution in [3.8, 4) is 11.5 Å². The number of carbonyl (C=O) groups excluding carboxylic acids is 1. The summed E-state index contributed by atoms with van der Waals surface area (Å²) in [6.45, 7) is 5.01. The van der Waals surface area contributed by atoms with Crippen LogP contribution in [0.2, 0.25) is 0 Å². The van der Waals surface area contributed by atoms with Crippen LogP contribution in [0.5, 0.6) is 11.5 Å². The summed E-state index contributed by atoms with van der Waals surface area (Å²) in [5, 5.41) is 4.13. The predicted molar refractivity (Wildman–Crippen MR) is 161 cm³/mol. The Morgan fingerprint density at radius 1 is 0.854 bits per heavy atom. The van der Waals surface area contributed by atoms with Gasteiger partial charge in [0.2, 0.25) is 0 Å². The van der Waals surface area contributed by atoms with E-state index in [1.54, 1.807) is 54.6 Å². The number of nitrogens with zero attached hydrogens (tertiary/aromatic N) is 2. The average Bonchev–Trinajstić information content (AvgIpc) is 3.00. The van der Waals surface area contributed by atoms with Crippen molar-refractivity contribution < 1.29 is 22.7 Å². The lowest BCUT2D eigenvalue weighted by molar-refractivity contribution is 0.0955. The molecular weight excluding hydrogens is 538 g/mol. The summed E-state index contributed by atoms with van der Waals surface area (Å²) in [6.07, 6.45) is 2.37. The fraction of sp³-hybridized carbons (Fsp3) is 0.188. The van der Waals surface area contributed by atoms with Crippen molar-refractivity contribution in [2.75, 3.05) is 17.5 Å². The number of para-hydroxylation sites is 1. The zero-order valence-electron chi connectivity index (χ0n) is 23.1. The first-order valence-electron chi connectivity index (χ1n) is 13.4. The van der Waals surface area contributed by atoms with Crippen molar-refractivity contribution in [3.05, 3.63) is 120 Å². The number of carbonyl (C=O) groups is 1. The number of hydrazone groups is 1. The SMILES string of the molecule is CCCOc1ccc(/C=N\NC(=O)c2ccccc2N(Cc2ccccc2)S(=O)(=O)c2ccccc2)cc1OCC. The van der Waals surface area contributed by atoms with E-state index < -0.39 is 15.9 Å². The maximum atomic E-state index is 13.8. The highest BCUT2D eigenvalue weighted by atomic mass is 32.2. The number of benzene rings is 4. The maximum absolute atomic E-state index is 13.8. The third-order valence-corrected chi connectivity index (χ3v) is 7.80. The predicted octanol–water partition coefficient (Wildman–Crippen LogP) is 6.03. The van der Waals surface area contributed by atoms with Crippen LogP contribution in [0.25, 0.3) is 0 Å². The van der Waals surface area contributed by atoms with E-state index >= 15 is 0 Å². The molecule has 1 amide bonds. The summed E-state index contributed by atoms with van der Waals surface area (Å²) in [5.74, 6) is 0.678. The zero-order chi connectivity index (χ0) is 29.1. The van der Waals surface area contributed by atoms with E-state index in [4.69, 9.17) is 9.47 Å². The molecule has 4 rings (SSSR count). The molecule has 0 fully saturated rings. The van der Waals surface area contributed by atoms with Gasteiger partial charge in [-0.1, -0.05) is 67.6 Å². The van der Waals surface area contributed by atoms with Crippen molar-refractivity contribution in [3.63, 3.8) is 0 Å². The van der Waals surface area contributed by atoms with Crippen LogP contribution in [0.15, 0.2) is 113 Å². The Bertz CT molecular complexity index is 1580. The third kappa shape index (κ3) is 7.52. The lowest BCUT2D eigenvalue weighted by Crippen LogP contribution is -2.33. The van der Waals surface area contributed by atoms with Gasteiger partial charge in [0.25, 0.3) is 15.9 Å². The Morgan fingerprint density at radius 2 is 1.54 bits per heavy atom. The van der Waals surface area contributed by atoms with Gasteiger partial charge >= 0.3 is 0 Å². The van der Waals surface area contributed by atoms with Gasteiger partial charge < -0.3 is 9.47 Å². The van der Waals surface area contributed by atoms with Crippen LogP contribution in [0.3, 0.4) is 0 Å². The van der Waals surface area contributed by atoms with Crippen LogP contribution >= 0.6 is 0 Å². The quantitative estimate of drug-likeness (QED) is 0.156. The van der Waals surface area contributed by atoms with Gasteiger partial charge in [-0.2, -0.15) is 5.10 Å². The number of amides is 1. The van der Waals surface area contributed by atoms with E-state index in [0.29, 0.717) is 30.3 Å². The molecule has 1 N–H and O–H groups in total. The molecule has 4 aromatic carbocycles. The largest absolute Gasteiger partial charge is 0.490 e. The molecular formula is C32H33N3O5S. The Hall–Kier alpha value is -4.63. The Morgan fingerprint density at radius 3 is 2.24 bits per heavy atom. The first-order valence-corrected chi connectivity index (χ1v) is 14.8. The molecule has 212 valence electrons. The highest BCUT2D eigenvalue weighted by molar-refractivity contribution is 7.92. The van der Waals surface area contributed by atoms with Gasteiger partial charge in [0.05, 0.1) is 42.1 Å². The maximum Gasteiger partial charge on any atom is 0.273 e. The highest BCUT2D eigenvalue weighted by Crippen LogP contribution is 2.30. The standard InChI is InChI=1S/C32H33N3O5S/c1-3-21-40-30-20-19-26(22-31(30)39-4-2)23-33-34-32(36)28-17-11-12-18-29(28)35(24-25-13-7-5-8-14-25)41(37,38)27-15-9-6-10-16-27/h5-20,22-23H,3-4,21,24H2,1-2H3,(H,34,36)/b33-23-. The second kappa shape index (κ2) is 14.1. The van der Waals surface area contributed by atoms with Gasteiger partial charge in [0, 0.05) is 0 Å². The number of nitrogens with one attached hydrogen (secondary N) is 1. The van der Waals surface area contributed by atoms with Gasteiger partial charge in [0.15, 0.2) is 11.5 Å². The summed E-state index contributed by atoms with van der Waals surface area (Å²) in [5.41, 5.74) is 4.41. The molecule has 0 saturated heterocycles. The lowest BCUT2D eigenvalue weighted by Gasteiger charge is -2.26. The molecule has 0 saturated carbocycles. The van der Waals surface area contributed by atoms with E-state index in [1.165, 1.54) is 22.7 Å². The molecule has 0 aromatic heterocycles. The minimum absolute atomic E-state index is 0.0400. The molecule has 0 aliphatic heterocycles. The van der Waals surface area contributed by atoms with Crippen molar-refractivity contribution >= 4 is 27.8 Å². The monoisotopic (exact) mass is 571 g/mol. The van der Waals surface area contributed by atoms with Crippen molar-refractivity contribution in [1.29, 1.82) is 0 Å². The molecule has 8 nitrogen and oxygen atoms in total. The zero-order valence-corrected chi connectivity index (χ0v) is 23.9. The van der Waals surface area contributed by atoms with Gasteiger partial charge in [-0.05, 0) is 66.9 Å². The first kappa shape index (κ1) is 29.4. The summed E-state index contributed by atoms with van der Waals surface area (Å²) in [6, 6.07) is 29.4. The molecule has 4 aromatic rings. The molecule has 0 bridgehead atoms. The van der Waals surface area contributed by atoms with Gasteiger partial charge in [-0.3, -0.25) is 9.10 Å². The number of rotatable bonds is 13.